The van der Waals surface area contributed by atoms with Crippen molar-refractivity contribution in [3.63, 3.8) is 0 Å². The molecule has 0 unspecified atom stereocenters. The Labute approximate surface area is 185 Å². The van der Waals surface area contributed by atoms with Gasteiger partial charge in [0, 0.05) is 29.0 Å². The van der Waals surface area contributed by atoms with Crippen molar-refractivity contribution in [2.45, 2.75) is 18.8 Å². The second-order valence-corrected chi connectivity index (χ2v) is 8.56. The number of hydrogen-bond donors (Lipinski definition) is 2. The Morgan fingerprint density at radius 2 is 1.75 bits per heavy atom. The zero-order chi connectivity index (χ0) is 21.7. The topological polar surface area (TPSA) is 89.3 Å². The van der Waals surface area contributed by atoms with Crippen molar-refractivity contribution in [2.75, 3.05) is 12.3 Å². The molecular weight excluding hydrogens is 398 g/mol. The molecule has 0 bridgehead atoms. The number of rotatable bonds is 4. The molecule has 1 aliphatic rings. The molecule has 158 valence electrons. The summed E-state index contributed by atoms with van der Waals surface area (Å²) in [6, 6.07) is 20.6. The Hall–Kier alpha value is -3.77. The van der Waals surface area contributed by atoms with Crippen LogP contribution in [-0.2, 0) is 0 Å². The van der Waals surface area contributed by atoms with Gasteiger partial charge >= 0.3 is 0 Å². The molecular formula is C26H23N5O. The van der Waals surface area contributed by atoms with Crippen molar-refractivity contribution in [1.29, 1.82) is 0 Å². The number of aliphatic hydroxyl groups is 1. The van der Waals surface area contributed by atoms with E-state index in [0.717, 1.165) is 57.6 Å². The minimum atomic E-state index is 0.226. The summed E-state index contributed by atoms with van der Waals surface area (Å²) in [7, 11) is 0. The van der Waals surface area contributed by atoms with Crippen molar-refractivity contribution in [2.24, 2.45) is 5.92 Å². The van der Waals surface area contributed by atoms with E-state index in [0.29, 0.717) is 17.7 Å². The Balaban J connectivity index is 1.48. The van der Waals surface area contributed by atoms with E-state index in [-0.39, 0.29) is 6.61 Å². The fourth-order valence-corrected chi connectivity index (χ4v) is 4.70. The Morgan fingerprint density at radius 3 is 2.56 bits per heavy atom. The van der Waals surface area contributed by atoms with Gasteiger partial charge in [-0.05, 0) is 30.9 Å². The van der Waals surface area contributed by atoms with E-state index in [1.807, 2.05) is 28.8 Å². The summed E-state index contributed by atoms with van der Waals surface area (Å²) in [5.74, 6) is 2.17. The highest BCUT2D eigenvalue weighted by Crippen LogP contribution is 2.43. The van der Waals surface area contributed by atoms with E-state index in [1.165, 1.54) is 0 Å². The molecule has 2 aromatic carbocycles. The zero-order valence-electron chi connectivity index (χ0n) is 17.5. The Kier molecular flexibility index (Phi) is 4.40. The molecule has 0 atom stereocenters. The first-order chi connectivity index (χ1) is 15.7. The molecule has 3 heterocycles. The second kappa shape index (κ2) is 7.43. The molecule has 0 saturated heterocycles. The van der Waals surface area contributed by atoms with Crippen LogP contribution in [0, 0.1) is 5.92 Å². The fraction of sp³-hybridized carbons (Fsp3) is 0.192. The summed E-state index contributed by atoms with van der Waals surface area (Å²) in [5, 5.41) is 10.5. The van der Waals surface area contributed by atoms with Gasteiger partial charge in [0.05, 0.1) is 34.8 Å². The first-order valence-corrected chi connectivity index (χ1v) is 10.9. The number of aliphatic hydroxyl groups excluding tert-OH is 1. The molecule has 0 aliphatic heterocycles. The van der Waals surface area contributed by atoms with Crippen molar-refractivity contribution in [3.8, 4) is 22.5 Å². The smallest absolute Gasteiger partial charge is 0.128 e. The summed E-state index contributed by atoms with van der Waals surface area (Å²) >= 11 is 0. The van der Waals surface area contributed by atoms with Gasteiger partial charge in [0.15, 0.2) is 0 Å². The molecule has 1 saturated carbocycles. The van der Waals surface area contributed by atoms with E-state index in [2.05, 4.69) is 47.4 Å². The van der Waals surface area contributed by atoms with Crippen LogP contribution in [-0.4, -0.2) is 31.1 Å². The van der Waals surface area contributed by atoms with Crippen LogP contribution in [0.4, 0.5) is 5.82 Å². The molecule has 6 heteroatoms. The summed E-state index contributed by atoms with van der Waals surface area (Å²) in [6.45, 7) is 0.226. The number of anilines is 1. The number of nitrogens with two attached hydrogens (primary N) is 1. The van der Waals surface area contributed by atoms with Gasteiger partial charge in [0.1, 0.15) is 11.6 Å². The Bertz CT molecular complexity index is 1440. The molecule has 0 amide bonds. The van der Waals surface area contributed by atoms with Gasteiger partial charge in [-0.15, -0.1) is 0 Å². The summed E-state index contributed by atoms with van der Waals surface area (Å²) < 4.78 is 2.01. The quantitative estimate of drug-likeness (QED) is 0.440. The fourth-order valence-electron chi connectivity index (χ4n) is 4.70. The van der Waals surface area contributed by atoms with E-state index in [4.69, 9.17) is 15.7 Å². The minimum absolute atomic E-state index is 0.226. The monoisotopic (exact) mass is 421 g/mol. The van der Waals surface area contributed by atoms with Crippen LogP contribution in [0.15, 0.2) is 73.1 Å². The average molecular weight is 422 g/mol. The number of fused-ring (bicyclic) bond motifs is 2. The lowest BCUT2D eigenvalue weighted by atomic mass is 9.75. The van der Waals surface area contributed by atoms with Crippen LogP contribution in [0.3, 0.4) is 0 Å². The first-order valence-electron chi connectivity index (χ1n) is 10.9. The maximum absolute atomic E-state index is 9.44. The van der Waals surface area contributed by atoms with Crippen LogP contribution in [0.25, 0.3) is 38.9 Å². The lowest BCUT2D eigenvalue weighted by Crippen LogP contribution is -2.26. The van der Waals surface area contributed by atoms with Crippen LogP contribution < -0.4 is 5.73 Å². The van der Waals surface area contributed by atoms with Gasteiger partial charge in [-0.1, -0.05) is 48.5 Å². The van der Waals surface area contributed by atoms with Crippen LogP contribution in [0.2, 0.25) is 0 Å². The largest absolute Gasteiger partial charge is 0.396 e. The molecule has 0 radical (unpaired) electrons. The SMILES string of the molecule is Nc1cncc2c(-c3ccc4ccc(-c5ccccc5)nc4c3)nc(C3CC(CO)C3)n12. The third-order valence-electron chi connectivity index (χ3n) is 6.49. The first kappa shape index (κ1) is 19.0. The minimum Gasteiger partial charge on any atom is -0.396 e. The number of aromatic nitrogens is 4. The number of hydrogen-bond acceptors (Lipinski definition) is 5. The molecule has 5 aromatic rings. The van der Waals surface area contributed by atoms with Gasteiger partial charge < -0.3 is 10.8 Å². The lowest BCUT2D eigenvalue weighted by molar-refractivity contribution is 0.139. The van der Waals surface area contributed by atoms with E-state index in [1.54, 1.807) is 6.20 Å². The van der Waals surface area contributed by atoms with E-state index in [9.17, 15) is 5.11 Å². The lowest BCUT2D eigenvalue weighted by Gasteiger charge is -2.33. The molecule has 3 N–H and O–H groups in total. The number of benzene rings is 2. The molecule has 1 aliphatic carbocycles. The normalized spacial score (nSPS) is 18.2. The molecule has 6 nitrogen and oxygen atoms in total. The van der Waals surface area contributed by atoms with Gasteiger partial charge in [-0.3, -0.25) is 9.38 Å². The predicted octanol–water partition coefficient (Wildman–Crippen LogP) is 4.68. The highest BCUT2D eigenvalue weighted by atomic mass is 16.3. The van der Waals surface area contributed by atoms with Crippen molar-refractivity contribution in [1.82, 2.24) is 19.4 Å². The Morgan fingerprint density at radius 1 is 0.938 bits per heavy atom. The van der Waals surface area contributed by atoms with Crippen LogP contribution in [0.5, 0.6) is 0 Å². The van der Waals surface area contributed by atoms with Gasteiger partial charge in [-0.2, -0.15) is 0 Å². The molecule has 32 heavy (non-hydrogen) atoms. The maximum atomic E-state index is 9.44. The van der Waals surface area contributed by atoms with Gasteiger partial charge in [0.25, 0.3) is 0 Å². The van der Waals surface area contributed by atoms with Crippen LogP contribution in [0.1, 0.15) is 24.6 Å². The number of nitrogen functional groups attached to an aromatic ring is 1. The maximum Gasteiger partial charge on any atom is 0.128 e. The second-order valence-electron chi connectivity index (χ2n) is 8.56. The zero-order valence-corrected chi connectivity index (χ0v) is 17.5. The molecule has 1 fully saturated rings. The summed E-state index contributed by atoms with van der Waals surface area (Å²) in [6.07, 6.45) is 5.34. The molecule has 6 rings (SSSR count). The molecule has 0 spiro atoms. The number of nitrogens with zero attached hydrogens (tertiary/aromatic N) is 4. The summed E-state index contributed by atoms with van der Waals surface area (Å²) in [5.41, 5.74) is 12.0. The highest BCUT2D eigenvalue weighted by molar-refractivity contribution is 5.89. The standard InChI is InChI=1S/C26H23N5O/c27-24-14-28-13-23-25(30-26(31(23)24)20-10-16(11-20)15-32)19-7-6-18-8-9-21(29-22(18)12-19)17-4-2-1-3-5-17/h1-9,12-14,16,20,32H,10-11,15,27H2. The summed E-state index contributed by atoms with van der Waals surface area (Å²) in [4.78, 5) is 14.3. The van der Waals surface area contributed by atoms with Gasteiger partial charge in [0.2, 0.25) is 0 Å². The number of imidazole rings is 1. The highest BCUT2D eigenvalue weighted by Gasteiger charge is 2.34. The molecule has 3 aromatic heterocycles. The van der Waals surface area contributed by atoms with Crippen LogP contribution >= 0.6 is 0 Å². The third-order valence-corrected chi connectivity index (χ3v) is 6.49. The van der Waals surface area contributed by atoms with Crippen molar-refractivity contribution < 1.29 is 5.11 Å². The van der Waals surface area contributed by atoms with E-state index < -0.39 is 0 Å². The predicted molar refractivity (Wildman–Crippen MR) is 126 cm³/mol. The van der Waals surface area contributed by atoms with Crippen molar-refractivity contribution >= 4 is 22.2 Å². The van der Waals surface area contributed by atoms with Crippen molar-refractivity contribution in [3.05, 3.63) is 78.9 Å². The third kappa shape index (κ3) is 3.03. The van der Waals surface area contributed by atoms with Gasteiger partial charge in [-0.25, -0.2) is 9.97 Å². The van der Waals surface area contributed by atoms with E-state index >= 15 is 0 Å². The number of pyridine rings is 1. The average Bonchev–Trinajstić information content (AvgIpc) is 3.19.